The van der Waals surface area contributed by atoms with Crippen molar-refractivity contribution in [1.29, 1.82) is 0 Å². The van der Waals surface area contributed by atoms with E-state index in [9.17, 15) is 8.42 Å². The highest BCUT2D eigenvalue weighted by Gasteiger charge is 2.28. The lowest BCUT2D eigenvalue weighted by Gasteiger charge is -2.14. The number of hydrogen-bond donors (Lipinski definition) is 3. The molecule has 0 aliphatic carbocycles. The normalized spacial score (nSPS) is 20.9. The van der Waals surface area contributed by atoms with Crippen LogP contribution in [0.25, 0.3) is 11.2 Å². The molecule has 0 bridgehead atoms. The number of nitrogens with zero attached hydrogens (tertiary/aromatic N) is 3. The van der Waals surface area contributed by atoms with Crippen LogP contribution in [0.1, 0.15) is 6.42 Å². The van der Waals surface area contributed by atoms with Gasteiger partial charge in [-0.1, -0.05) is 0 Å². The number of anilines is 1. The molecule has 20 heavy (non-hydrogen) atoms. The Morgan fingerprint density at radius 2 is 2.25 bits per heavy atom. The molecule has 1 fully saturated rings. The number of fused-ring (bicyclic) bond motifs is 1. The second-order valence-corrected chi connectivity index (χ2v) is 7.16. The van der Waals surface area contributed by atoms with Gasteiger partial charge in [0.05, 0.1) is 17.8 Å². The van der Waals surface area contributed by atoms with Gasteiger partial charge in [-0.05, 0) is 18.6 Å². The van der Waals surface area contributed by atoms with Crippen molar-refractivity contribution in [3.8, 4) is 0 Å². The molecular formula is C10H12N6O2S2. The molecule has 0 aromatic carbocycles. The molecule has 106 valence electrons. The zero-order valence-electron chi connectivity index (χ0n) is 10.3. The SMILES string of the molecule is O=S1(=O)CC[C@@H](NC(=S)Nc2ncnc3nc[nH]c23)C1. The molecule has 0 unspecified atom stereocenters. The van der Waals surface area contributed by atoms with E-state index in [4.69, 9.17) is 12.2 Å². The summed E-state index contributed by atoms with van der Waals surface area (Å²) >= 11 is 5.17. The van der Waals surface area contributed by atoms with Crippen LogP contribution in [0.2, 0.25) is 0 Å². The Bertz CT molecular complexity index is 756. The van der Waals surface area contributed by atoms with Gasteiger partial charge >= 0.3 is 0 Å². The first-order valence-corrected chi connectivity index (χ1v) is 8.18. The third-order valence-corrected chi connectivity index (χ3v) is 5.01. The largest absolute Gasteiger partial charge is 0.359 e. The fourth-order valence-electron chi connectivity index (χ4n) is 2.10. The number of H-pyrrole nitrogens is 1. The summed E-state index contributed by atoms with van der Waals surface area (Å²) < 4.78 is 22.8. The number of thiocarbonyl (C=S) groups is 1. The fourth-order valence-corrected chi connectivity index (χ4v) is 4.03. The number of hydrogen-bond acceptors (Lipinski definition) is 6. The maximum absolute atomic E-state index is 11.4. The Balaban J connectivity index is 1.69. The van der Waals surface area contributed by atoms with Crippen LogP contribution >= 0.6 is 12.2 Å². The van der Waals surface area contributed by atoms with Crippen molar-refractivity contribution in [1.82, 2.24) is 25.3 Å². The molecule has 3 heterocycles. The van der Waals surface area contributed by atoms with Crippen molar-refractivity contribution in [2.75, 3.05) is 16.8 Å². The van der Waals surface area contributed by atoms with Gasteiger partial charge in [-0.3, -0.25) is 0 Å². The molecule has 2 aromatic heterocycles. The number of nitrogens with one attached hydrogen (secondary N) is 3. The molecule has 0 radical (unpaired) electrons. The van der Waals surface area contributed by atoms with Gasteiger partial charge in [0, 0.05) is 6.04 Å². The molecule has 8 nitrogen and oxygen atoms in total. The first-order valence-electron chi connectivity index (χ1n) is 5.95. The minimum absolute atomic E-state index is 0.109. The van der Waals surface area contributed by atoms with E-state index in [0.717, 1.165) is 0 Å². The number of aromatic amines is 1. The van der Waals surface area contributed by atoms with Crippen LogP contribution in [0, 0.1) is 0 Å². The van der Waals surface area contributed by atoms with Gasteiger partial charge in [-0.15, -0.1) is 0 Å². The number of sulfone groups is 1. The molecular weight excluding hydrogens is 300 g/mol. The summed E-state index contributed by atoms with van der Waals surface area (Å²) in [5.74, 6) is 0.815. The fraction of sp³-hybridized carbons (Fsp3) is 0.400. The van der Waals surface area contributed by atoms with E-state index in [-0.39, 0.29) is 17.5 Å². The molecule has 1 saturated heterocycles. The first-order chi connectivity index (χ1) is 9.53. The van der Waals surface area contributed by atoms with E-state index in [1.54, 1.807) is 0 Å². The maximum atomic E-state index is 11.4. The molecule has 1 aliphatic heterocycles. The molecule has 3 rings (SSSR count). The predicted molar refractivity (Wildman–Crippen MR) is 78.1 cm³/mol. The zero-order valence-corrected chi connectivity index (χ0v) is 12.0. The topological polar surface area (TPSA) is 113 Å². The van der Waals surface area contributed by atoms with Gasteiger partial charge in [0.2, 0.25) is 0 Å². The number of imidazole rings is 1. The summed E-state index contributed by atoms with van der Waals surface area (Å²) in [5, 5.41) is 6.25. The van der Waals surface area contributed by atoms with Crippen molar-refractivity contribution in [3.63, 3.8) is 0 Å². The van der Waals surface area contributed by atoms with Crippen molar-refractivity contribution in [2.45, 2.75) is 12.5 Å². The van der Waals surface area contributed by atoms with E-state index >= 15 is 0 Å². The standard InChI is InChI=1S/C10H12N6O2S2/c17-20(18)2-1-6(3-20)15-10(19)16-9-7-8(12-4-11-7)13-5-14-9/h4-6H,1-3H2,(H3,11,12,13,14,15,16,19)/t6-/m1/s1. The quantitative estimate of drug-likeness (QED) is 0.655. The lowest BCUT2D eigenvalue weighted by Crippen LogP contribution is -2.38. The van der Waals surface area contributed by atoms with Crippen LogP contribution in [-0.2, 0) is 9.84 Å². The minimum atomic E-state index is -2.93. The Labute approximate surface area is 120 Å². The average molecular weight is 312 g/mol. The van der Waals surface area contributed by atoms with Gasteiger partial charge < -0.3 is 15.6 Å². The Kier molecular flexibility index (Phi) is 3.26. The lowest BCUT2D eigenvalue weighted by molar-refractivity contribution is 0.600. The number of rotatable bonds is 2. The van der Waals surface area contributed by atoms with Crippen LogP contribution < -0.4 is 10.6 Å². The third-order valence-electron chi connectivity index (χ3n) is 3.02. The van der Waals surface area contributed by atoms with Crippen molar-refractivity contribution in [2.24, 2.45) is 0 Å². The zero-order chi connectivity index (χ0) is 14.2. The summed E-state index contributed by atoms with van der Waals surface area (Å²) in [4.78, 5) is 15.0. The van der Waals surface area contributed by atoms with E-state index < -0.39 is 9.84 Å². The highest BCUT2D eigenvalue weighted by atomic mass is 32.2. The number of aromatic nitrogens is 4. The lowest BCUT2D eigenvalue weighted by atomic mass is 10.3. The summed E-state index contributed by atoms with van der Waals surface area (Å²) in [6, 6.07) is -0.154. The molecule has 1 atom stereocenters. The summed E-state index contributed by atoms with van der Waals surface area (Å²) in [7, 11) is -2.93. The molecule has 0 amide bonds. The van der Waals surface area contributed by atoms with Gasteiger partial charge in [0.15, 0.2) is 26.4 Å². The van der Waals surface area contributed by atoms with Crippen molar-refractivity contribution < 1.29 is 8.42 Å². The van der Waals surface area contributed by atoms with E-state index in [1.165, 1.54) is 12.7 Å². The van der Waals surface area contributed by atoms with E-state index in [1.807, 2.05) is 0 Å². The highest BCUT2D eigenvalue weighted by Crippen LogP contribution is 2.15. The van der Waals surface area contributed by atoms with Crippen LogP contribution in [0.15, 0.2) is 12.7 Å². The smallest absolute Gasteiger partial charge is 0.182 e. The molecule has 0 saturated carbocycles. The molecule has 2 aromatic rings. The first kappa shape index (κ1) is 13.2. The van der Waals surface area contributed by atoms with Crippen LogP contribution in [0.4, 0.5) is 5.82 Å². The molecule has 3 N–H and O–H groups in total. The Morgan fingerprint density at radius 3 is 3.00 bits per heavy atom. The van der Waals surface area contributed by atoms with Crippen LogP contribution in [0.5, 0.6) is 0 Å². The summed E-state index contributed by atoms with van der Waals surface area (Å²) in [6.07, 6.45) is 3.46. The highest BCUT2D eigenvalue weighted by molar-refractivity contribution is 7.91. The van der Waals surface area contributed by atoms with Gasteiger partial charge in [0.1, 0.15) is 11.8 Å². The second kappa shape index (κ2) is 4.94. The van der Waals surface area contributed by atoms with Crippen LogP contribution in [-0.4, -0.2) is 51.0 Å². The Morgan fingerprint density at radius 1 is 1.40 bits per heavy atom. The van der Waals surface area contributed by atoms with Gasteiger partial charge in [-0.25, -0.2) is 23.4 Å². The van der Waals surface area contributed by atoms with Gasteiger partial charge in [0.25, 0.3) is 0 Å². The van der Waals surface area contributed by atoms with Gasteiger partial charge in [-0.2, -0.15) is 0 Å². The van der Waals surface area contributed by atoms with Crippen molar-refractivity contribution in [3.05, 3.63) is 12.7 Å². The Hall–Kier alpha value is -1.81. The van der Waals surface area contributed by atoms with Crippen molar-refractivity contribution >= 4 is 44.1 Å². The molecule has 1 aliphatic rings. The summed E-state index contributed by atoms with van der Waals surface area (Å²) in [5.41, 5.74) is 1.18. The minimum Gasteiger partial charge on any atom is -0.359 e. The van der Waals surface area contributed by atoms with E-state index in [0.29, 0.717) is 28.5 Å². The summed E-state index contributed by atoms with van der Waals surface area (Å²) in [6.45, 7) is 0. The molecule has 10 heteroatoms. The second-order valence-electron chi connectivity index (χ2n) is 4.52. The third kappa shape index (κ3) is 2.70. The maximum Gasteiger partial charge on any atom is 0.182 e. The average Bonchev–Trinajstić information content (AvgIpc) is 2.96. The molecule has 0 spiro atoms. The predicted octanol–water partition coefficient (Wildman–Crippen LogP) is -0.174. The van der Waals surface area contributed by atoms with E-state index in [2.05, 4.69) is 30.6 Å². The van der Waals surface area contributed by atoms with Crippen LogP contribution in [0.3, 0.4) is 0 Å². The monoisotopic (exact) mass is 312 g/mol.